The zero-order valence-electron chi connectivity index (χ0n) is 19.0. The Morgan fingerprint density at radius 1 is 1.03 bits per heavy atom. The van der Waals surface area contributed by atoms with Crippen LogP contribution in [0.5, 0.6) is 5.75 Å². The highest BCUT2D eigenvalue weighted by atomic mass is 16.5. The molecule has 174 valence electrons. The molecule has 9 nitrogen and oxygen atoms in total. The van der Waals surface area contributed by atoms with Gasteiger partial charge < -0.3 is 29.1 Å². The number of rotatable bonds is 5. The maximum absolute atomic E-state index is 9.72. The van der Waals surface area contributed by atoms with Gasteiger partial charge in [-0.15, -0.1) is 0 Å². The molecular weight excluding hydrogens is 422 g/mol. The van der Waals surface area contributed by atoms with Crippen LogP contribution in [0.3, 0.4) is 0 Å². The Bertz CT molecular complexity index is 1140. The topological polar surface area (TPSA) is 93.1 Å². The molecule has 1 unspecified atom stereocenters. The normalized spacial score (nSPS) is 19.2. The van der Waals surface area contributed by atoms with E-state index in [1.165, 1.54) is 0 Å². The zero-order valence-corrected chi connectivity index (χ0v) is 19.0. The number of nitrogens with zero attached hydrogens (tertiary/aromatic N) is 5. The van der Waals surface area contributed by atoms with Gasteiger partial charge in [0.2, 0.25) is 5.95 Å². The van der Waals surface area contributed by atoms with Gasteiger partial charge >= 0.3 is 0 Å². The Morgan fingerprint density at radius 3 is 2.61 bits per heavy atom. The van der Waals surface area contributed by atoms with Crippen molar-refractivity contribution in [1.29, 1.82) is 0 Å². The van der Waals surface area contributed by atoms with Crippen molar-refractivity contribution in [3.63, 3.8) is 0 Å². The van der Waals surface area contributed by atoms with Crippen molar-refractivity contribution in [2.45, 2.75) is 19.6 Å². The standard InChI is InChI=1S/C24H29N5O4/c1-16-14-29(9-12-33-16)24-26-22-19(23(27-24)28-7-10-32-11-8-28)4-5-20(25-22)17-3-6-21(31-2)18(13-17)15-30/h3-6,13,16,30H,7-12,14-15H2,1-2H3. The van der Waals surface area contributed by atoms with Crippen LogP contribution < -0.4 is 14.5 Å². The van der Waals surface area contributed by atoms with E-state index >= 15 is 0 Å². The molecule has 1 N–H and O–H groups in total. The zero-order chi connectivity index (χ0) is 22.8. The minimum atomic E-state index is -0.104. The number of aromatic nitrogens is 3. The monoisotopic (exact) mass is 451 g/mol. The Hall–Kier alpha value is -3.01. The molecule has 1 atom stereocenters. The van der Waals surface area contributed by atoms with Gasteiger partial charge in [0, 0.05) is 37.3 Å². The predicted molar refractivity (Wildman–Crippen MR) is 126 cm³/mol. The number of hydrogen-bond donors (Lipinski definition) is 1. The van der Waals surface area contributed by atoms with Crippen LogP contribution in [0.2, 0.25) is 0 Å². The van der Waals surface area contributed by atoms with Crippen LogP contribution in [0, 0.1) is 0 Å². The third-order valence-corrected chi connectivity index (χ3v) is 6.11. The molecule has 2 fully saturated rings. The molecule has 9 heteroatoms. The summed E-state index contributed by atoms with van der Waals surface area (Å²) < 4.78 is 16.6. The lowest BCUT2D eigenvalue weighted by molar-refractivity contribution is 0.0526. The van der Waals surface area contributed by atoms with Crippen LogP contribution in [0.25, 0.3) is 22.3 Å². The SMILES string of the molecule is COc1ccc(-c2ccc3c(N4CCOCC4)nc(N4CCOC(C)C4)nc3n2)cc1CO. The molecule has 5 rings (SSSR count). The molecule has 2 aliphatic heterocycles. The first-order valence-electron chi connectivity index (χ1n) is 11.3. The highest BCUT2D eigenvalue weighted by Crippen LogP contribution is 2.31. The summed E-state index contributed by atoms with van der Waals surface area (Å²) in [7, 11) is 1.60. The number of hydrogen-bond acceptors (Lipinski definition) is 9. The summed E-state index contributed by atoms with van der Waals surface area (Å²) in [5, 5.41) is 10.6. The van der Waals surface area contributed by atoms with E-state index in [0.29, 0.717) is 37.2 Å². The summed E-state index contributed by atoms with van der Waals surface area (Å²) in [5.74, 6) is 2.22. The van der Waals surface area contributed by atoms with Gasteiger partial charge in [-0.3, -0.25) is 0 Å². The molecule has 2 saturated heterocycles. The highest BCUT2D eigenvalue weighted by molar-refractivity contribution is 5.90. The lowest BCUT2D eigenvalue weighted by Crippen LogP contribution is -2.42. The fourth-order valence-corrected chi connectivity index (χ4v) is 4.36. The molecule has 0 bridgehead atoms. The molecule has 0 aliphatic carbocycles. The van der Waals surface area contributed by atoms with E-state index in [-0.39, 0.29) is 12.7 Å². The van der Waals surface area contributed by atoms with Crippen LogP contribution in [-0.2, 0) is 16.1 Å². The third kappa shape index (κ3) is 4.44. The van der Waals surface area contributed by atoms with Crippen molar-refractivity contribution >= 4 is 22.8 Å². The fraction of sp³-hybridized carbons (Fsp3) is 0.458. The van der Waals surface area contributed by atoms with Crippen molar-refractivity contribution < 1.29 is 19.3 Å². The minimum absolute atomic E-state index is 0.104. The first-order chi connectivity index (χ1) is 16.2. The van der Waals surface area contributed by atoms with Crippen LogP contribution >= 0.6 is 0 Å². The summed E-state index contributed by atoms with van der Waals surface area (Å²) in [4.78, 5) is 19.2. The Labute approximate surface area is 192 Å². The average Bonchev–Trinajstić information content (AvgIpc) is 2.87. The van der Waals surface area contributed by atoms with E-state index in [2.05, 4.69) is 16.7 Å². The van der Waals surface area contributed by atoms with E-state index in [1.54, 1.807) is 7.11 Å². The number of aliphatic hydroxyl groups excluding tert-OH is 1. The maximum Gasteiger partial charge on any atom is 0.229 e. The van der Waals surface area contributed by atoms with Crippen LogP contribution in [0.1, 0.15) is 12.5 Å². The minimum Gasteiger partial charge on any atom is -0.496 e. The highest BCUT2D eigenvalue weighted by Gasteiger charge is 2.24. The van der Waals surface area contributed by atoms with Crippen molar-refractivity contribution in [2.24, 2.45) is 0 Å². The Morgan fingerprint density at radius 2 is 1.85 bits per heavy atom. The quantitative estimate of drug-likeness (QED) is 0.627. The second-order valence-corrected chi connectivity index (χ2v) is 8.33. The number of benzene rings is 1. The van der Waals surface area contributed by atoms with E-state index in [1.807, 2.05) is 30.3 Å². The largest absolute Gasteiger partial charge is 0.496 e. The number of pyridine rings is 1. The van der Waals surface area contributed by atoms with Gasteiger partial charge in [0.25, 0.3) is 0 Å². The first-order valence-corrected chi connectivity index (χ1v) is 11.3. The summed E-state index contributed by atoms with van der Waals surface area (Å²) >= 11 is 0. The van der Waals surface area contributed by atoms with Gasteiger partial charge in [0.1, 0.15) is 11.6 Å². The summed E-state index contributed by atoms with van der Waals surface area (Å²) in [5.41, 5.74) is 3.05. The summed E-state index contributed by atoms with van der Waals surface area (Å²) in [6.07, 6.45) is 0.125. The number of fused-ring (bicyclic) bond motifs is 1. The molecule has 0 spiro atoms. The lowest BCUT2D eigenvalue weighted by Gasteiger charge is -2.33. The molecule has 2 aromatic heterocycles. The van der Waals surface area contributed by atoms with Crippen LogP contribution in [-0.4, -0.2) is 79.3 Å². The number of aliphatic hydroxyl groups is 1. The molecule has 2 aliphatic rings. The smallest absolute Gasteiger partial charge is 0.229 e. The second kappa shape index (κ2) is 9.46. The third-order valence-electron chi connectivity index (χ3n) is 6.11. The van der Waals surface area contributed by atoms with E-state index in [0.717, 1.165) is 54.2 Å². The molecule has 0 saturated carbocycles. The van der Waals surface area contributed by atoms with Crippen molar-refractivity contribution in [3.05, 3.63) is 35.9 Å². The molecular formula is C24H29N5O4. The molecule has 4 heterocycles. The maximum atomic E-state index is 9.72. The van der Waals surface area contributed by atoms with Crippen LogP contribution in [0.15, 0.2) is 30.3 Å². The molecule has 0 radical (unpaired) electrons. The van der Waals surface area contributed by atoms with E-state index in [9.17, 15) is 5.11 Å². The van der Waals surface area contributed by atoms with Gasteiger partial charge in [-0.1, -0.05) is 0 Å². The second-order valence-electron chi connectivity index (χ2n) is 8.33. The average molecular weight is 452 g/mol. The van der Waals surface area contributed by atoms with E-state index in [4.69, 9.17) is 29.2 Å². The number of methoxy groups -OCH3 is 1. The fourth-order valence-electron chi connectivity index (χ4n) is 4.36. The molecule has 3 aromatic rings. The number of anilines is 2. The van der Waals surface area contributed by atoms with Crippen LogP contribution in [0.4, 0.5) is 11.8 Å². The number of morpholine rings is 2. The first kappa shape index (κ1) is 21.8. The van der Waals surface area contributed by atoms with Crippen molar-refractivity contribution in [1.82, 2.24) is 15.0 Å². The molecule has 0 amide bonds. The van der Waals surface area contributed by atoms with Gasteiger partial charge in [-0.25, -0.2) is 4.98 Å². The molecule has 1 aromatic carbocycles. The Balaban J connectivity index is 1.60. The van der Waals surface area contributed by atoms with Crippen molar-refractivity contribution in [2.75, 3.05) is 62.9 Å². The predicted octanol–water partition coefficient (Wildman–Crippen LogP) is 2.25. The number of ether oxygens (including phenoxy) is 3. The summed E-state index contributed by atoms with van der Waals surface area (Å²) in [6, 6.07) is 9.72. The molecule has 33 heavy (non-hydrogen) atoms. The van der Waals surface area contributed by atoms with Crippen molar-refractivity contribution in [3.8, 4) is 17.0 Å². The van der Waals surface area contributed by atoms with E-state index < -0.39 is 0 Å². The van der Waals surface area contributed by atoms with Gasteiger partial charge in [0.05, 0.1) is 50.7 Å². The Kier molecular flexibility index (Phi) is 6.26. The van der Waals surface area contributed by atoms with Gasteiger partial charge in [0.15, 0.2) is 5.65 Å². The summed E-state index contributed by atoms with van der Waals surface area (Å²) in [6.45, 7) is 7.02. The van der Waals surface area contributed by atoms with Gasteiger partial charge in [-0.05, 0) is 37.3 Å². The van der Waals surface area contributed by atoms with Gasteiger partial charge in [-0.2, -0.15) is 9.97 Å². The lowest BCUT2D eigenvalue weighted by atomic mass is 10.1.